The second kappa shape index (κ2) is 9.09. The van der Waals surface area contributed by atoms with Crippen LogP contribution in [0, 0.1) is 11.7 Å². The van der Waals surface area contributed by atoms with Gasteiger partial charge < -0.3 is 14.6 Å². The van der Waals surface area contributed by atoms with Gasteiger partial charge in [0.15, 0.2) is 17.2 Å². The minimum absolute atomic E-state index is 0.00816. The van der Waals surface area contributed by atoms with Gasteiger partial charge in [-0.2, -0.15) is 0 Å². The normalized spacial score (nSPS) is 20.6. The second-order valence-corrected chi connectivity index (χ2v) is 9.49. The zero-order valence-corrected chi connectivity index (χ0v) is 19.3. The SMILES string of the molecule is CC(C)CN1CC[C@H](C)N2C(=O)c3c(O)c(=O)c(C(=O)CCc4ccc(F)cc4)cn3C[C@@H]12. The molecule has 0 radical (unpaired) electrons. The number of carbonyl (C=O) groups is 2. The van der Waals surface area contributed by atoms with Crippen molar-refractivity contribution in [3.05, 3.63) is 63.3 Å². The summed E-state index contributed by atoms with van der Waals surface area (Å²) in [6.07, 6.45) is 2.43. The fraction of sp³-hybridized carbons (Fsp3) is 0.480. The molecular formula is C25H30FN3O4. The predicted octanol–water partition coefficient (Wildman–Crippen LogP) is 3.04. The molecule has 0 unspecified atom stereocenters. The van der Waals surface area contributed by atoms with Crippen LogP contribution in [0.25, 0.3) is 0 Å². The number of hydrogen-bond acceptors (Lipinski definition) is 5. The van der Waals surface area contributed by atoms with E-state index in [1.54, 1.807) is 21.6 Å². The smallest absolute Gasteiger partial charge is 0.276 e. The maximum Gasteiger partial charge on any atom is 0.276 e. The van der Waals surface area contributed by atoms with E-state index in [-0.39, 0.29) is 41.6 Å². The van der Waals surface area contributed by atoms with Crippen LogP contribution in [0.1, 0.15) is 60.0 Å². The number of rotatable bonds is 6. The van der Waals surface area contributed by atoms with E-state index in [2.05, 4.69) is 18.7 Å². The average molecular weight is 456 g/mol. The standard InChI is InChI=1S/C25H30FN3O4/c1-15(2)12-27-11-10-16(3)29-21(27)14-28-13-19(23(31)24(32)22(28)25(29)33)20(30)9-6-17-4-7-18(26)8-5-17/h4-5,7-8,13,15-16,21,32H,6,9-12,14H2,1-3H3/t16-,21-/m0/s1. The third kappa shape index (κ3) is 4.44. The summed E-state index contributed by atoms with van der Waals surface area (Å²) in [7, 11) is 0. The Morgan fingerprint density at radius 3 is 2.58 bits per heavy atom. The summed E-state index contributed by atoms with van der Waals surface area (Å²) >= 11 is 0. The van der Waals surface area contributed by atoms with Crippen molar-refractivity contribution in [2.75, 3.05) is 13.1 Å². The number of aromatic hydroxyl groups is 1. The van der Waals surface area contributed by atoms with Crippen LogP contribution in [0.5, 0.6) is 5.75 Å². The molecule has 1 aromatic carbocycles. The first-order chi connectivity index (χ1) is 15.7. The molecule has 0 bridgehead atoms. The van der Waals surface area contributed by atoms with Crippen LogP contribution in [0.15, 0.2) is 35.3 Å². The number of nitrogens with zero attached hydrogens (tertiary/aromatic N) is 3. The first kappa shape index (κ1) is 23.2. The molecule has 176 valence electrons. The monoisotopic (exact) mass is 455 g/mol. The number of amides is 1. The molecule has 8 heteroatoms. The Morgan fingerprint density at radius 2 is 1.91 bits per heavy atom. The molecule has 2 atom stereocenters. The number of Topliss-reactive ketones (excluding diaryl/α,β-unsaturated/α-hetero) is 1. The van der Waals surface area contributed by atoms with Crippen molar-refractivity contribution in [1.82, 2.24) is 14.4 Å². The molecule has 2 aliphatic heterocycles. The van der Waals surface area contributed by atoms with Gasteiger partial charge in [0.2, 0.25) is 5.43 Å². The summed E-state index contributed by atoms with van der Waals surface area (Å²) in [5.41, 5.74) is -0.220. The lowest BCUT2D eigenvalue weighted by atomic mass is 9.99. The molecule has 2 aliphatic rings. The Kier molecular flexibility index (Phi) is 6.38. The van der Waals surface area contributed by atoms with Gasteiger partial charge in [0.1, 0.15) is 12.0 Å². The molecule has 1 amide bonds. The van der Waals surface area contributed by atoms with Crippen LogP contribution in [0.2, 0.25) is 0 Å². The van der Waals surface area contributed by atoms with Gasteiger partial charge in [-0.25, -0.2) is 4.39 Å². The van der Waals surface area contributed by atoms with E-state index in [1.165, 1.54) is 18.3 Å². The lowest BCUT2D eigenvalue weighted by Crippen LogP contribution is -2.64. The summed E-state index contributed by atoms with van der Waals surface area (Å²) in [4.78, 5) is 43.1. The Labute approximate surface area is 192 Å². The fourth-order valence-electron chi connectivity index (χ4n) is 4.89. The van der Waals surface area contributed by atoms with Crippen molar-refractivity contribution >= 4 is 11.7 Å². The number of aromatic nitrogens is 1. The van der Waals surface area contributed by atoms with Gasteiger partial charge >= 0.3 is 0 Å². The molecule has 1 fully saturated rings. The lowest BCUT2D eigenvalue weighted by molar-refractivity contribution is -0.0366. The van der Waals surface area contributed by atoms with E-state index in [1.807, 2.05) is 6.92 Å². The second-order valence-electron chi connectivity index (χ2n) is 9.49. The van der Waals surface area contributed by atoms with Crippen molar-refractivity contribution in [1.29, 1.82) is 0 Å². The Balaban J connectivity index is 1.64. The molecule has 7 nitrogen and oxygen atoms in total. The molecule has 0 saturated carbocycles. The molecule has 1 saturated heterocycles. The Morgan fingerprint density at radius 1 is 1.21 bits per heavy atom. The van der Waals surface area contributed by atoms with Crippen molar-refractivity contribution in [2.45, 2.75) is 58.8 Å². The number of pyridine rings is 1. The number of carbonyl (C=O) groups excluding carboxylic acids is 2. The first-order valence-electron chi connectivity index (χ1n) is 11.5. The van der Waals surface area contributed by atoms with E-state index in [0.717, 1.165) is 25.1 Å². The number of hydrogen-bond donors (Lipinski definition) is 1. The Hall–Kier alpha value is -3.00. The molecule has 4 rings (SSSR count). The summed E-state index contributed by atoms with van der Waals surface area (Å²) in [6, 6.07) is 5.84. The number of aryl methyl sites for hydroxylation is 1. The van der Waals surface area contributed by atoms with Gasteiger partial charge in [-0.3, -0.25) is 19.3 Å². The van der Waals surface area contributed by atoms with Crippen LogP contribution in [0.4, 0.5) is 4.39 Å². The zero-order valence-electron chi connectivity index (χ0n) is 19.3. The van der Waals surface area contributed by atoms with Gasteiger partial charge in [0, 0.05) is 31.7 Å². The maximum atomic E-state index is 13.3. The van der Waals surface area contributed by atoms with Crippen LogP contribution >= 0.6 is 0 Å². The molecule has 3 heterocycles. The van der Waals surface area contributed by atoms with Crippen LogP contribution in [-0.2, 0) is 13.0 Å². The number of halogens is 1. The summed E-state index contributed by atoms with van der Waals surface area (Å²) < 4.78 is 14.7. The molecule has 0 spiro atoms. The van der Waals surface area contributed by atoms with Gasteiger partial charge in [-0.1, -0.05) is 26.0 Å². The number of fused-ring (bicyclic) bond motifs is 2. The van der Waals surface area contributed by atoms with Gasteiger partial charge in [0.25, 0.3) is 5.91 Å². The third-order valence-corrected chi connectivity index (χ3v) is 6.56. The van der Waals surface area contributed by atoms with E-state index < -0.39 is 17.0 Å². The number of benzene rings is 1. The predicted molar refractivity (Wildman–Crippen MR) is 122 cm³/mol. The van der Waals surface area contributed by atoms with Gasteiger partial charge in [-0.15, -0.1) is 0 Å². The molecule has 1 aromatic heterocycles. The van der Waals surface area contributed by atoms with E-state index in [4.69, 9.17) is 0 Å². The minimum atomic E-state index is -0.819. The number of ketones is 1. The third-order valence-electron chi connectivity index (χ3n) is 6.56. The highest BCUT2D eigenvalue weighted by Crippen LogP contribution is 2.31. The topological polar surface area (TPSA) is 82.8 Å². The largest absolute Gasteiger partial charge is 0.503 e. The van der Waals surface area contributed by atoms with Crippen molar-refractivity contribution in [3.8, 4) is 5.75 Å². The van der Waals surface area contributed by atoms with Crippen LogP contribution in [0.3, 0.4) is 0 Å². The minimum Gasteiger partial charge on any atom is -0.503 e. The van der Waals surface area contributed by atoms with Crippen molar-refractivity contribution in [2.24, 2.45) is 5.92 Å². The highest BCUT2D eigenvalue weighted by molar-refractivity contribution is 6.00. The molecule has 1 N–H and O–H groups in total. The first-order valence-corrected chi connectivity index (χ1v) is 11.5. The van der Waals surface area contributed by atoms with Crippen molar-refractivity contribution < 1.29 is 19.1 Å². The van der Waals surface area contributed by atoms with Gasteiger partial charge in [0.05, 0.1) is 12.1 Å². The van der Waals surface area contributed by atoms with E-state index in [0.29, 0.717) is 18.9 Å². The maximum absolute atomic E-state index is 13.3. The van der Waals surface area contributed by atoms with Crippen LogP contribution < -0.4 is 5.43 Å². The highest BCUT2D eigenvalue weighted by atomic mass is 19.1. The van der Waals surface area contributed by atoms with Crippen molar-refractivity contribution in [3.63, 3.8) is 0 Å². The molecule has 2 aromatic rings. The highest BCUT2D eigenvalue weighted by Gasteiger charge is 2.43. The Bertz CT molecular complexity index is 1130. The van der Waals surface area contributed by atoms with E-state index in [9.17, 15) is 23.9 Å². The molecule has 33 heavy (non-hydrogen) atoms. The summed E-state index contributed by atoms with van der Waals surface area (Å²) in [6.45, 7) is 8.30. The summed E-state index contributed by atoms with van der Waals surface area (Å²) in [5.74, 6) is -1.40. The fourth-order valence-corrected chi connectivity index (χ4v) is 4.89. The summed E-state index contributed by atoms with van der Waals surface area (Å²) in [5, 5.41) is 10.7. The molecule has 0 aliphatic carbocycles. The van der Waals surface area contributed by atoms with Crippen LogP contribution in [-0.4, -0.2) is 56.5 Å². The van der Waals surface area contributed by atoms with E-state index >= 15 is 0 Å². The lowest BCUT2D eigenvalue weighted by Gasteiger charge is -2.50. The molecular weight excluding hydrogens is 425 g/mol. The quantitative estimate of drug-likeness (QED) is 0.677. The zero-order chi connectivity index (χ0) is 23.9. The van der Waals surface area contributed by atoms with Gasteiger partial charge in [-0.05, 0) is 43.4 Å². The average Bonchev–Trinajstić information content (AvgIpc) is 2.77.